The first-order valence-electron chi connectivity index (χ1n) is 3.65. The van der Waals surface area contributed by atoms with Crippen LogP contribution in [-0.2, 0) is 4.79 Å². The fourth-order valence-electron chi connectivity index (χ4n) is 0.839. The molecule has 0 aliphatic carbocycles. The highest BCUT2D eigenvalue weighted by molar-refractivity contribution is 9.10. The van der Waals surface area contributed by atoms with Gasteiger partial charge in [0.15, 0.2) is 16.5 Å². The zero-order chi connectivity index (χ0) is 11.6. The number of anilines is 1. The summed E-state index contributed by atoms with van der Waals surface area (Å²) in [6, 6.07) is 2.02. The smallest absolute Gasteiger partial charge is 0.257 e. The first-order valence-corrected chi connectivity index (χ1v) is 5.32. The molecule has 82 valence electrons. The van der Waals surface area contributed by atoms with Gasteiger partial charge in [0.2, 0.25) is 0 Å². The van der Waals surface area contributed by atoms with E-state index < -0.39 is 28.1 Å². The molecular weight excluding hydrogens is 315 g/mol. The van der Waals surface area contributed by atoms with Crippen molar-refractivity contribution in [1.82, 2.24) is 0 Å². The number of nitrogens with one attached hydrogen (secondary N) is 1. The number of alkyl halides is 2. The highest BCUT2D eigenvalue weighted by atomic mass is 79.9. The van der Waals surface area contributed by atoms with Gasteiger partial charge in [0.05, 0.1) is 0 Å². The highest BCUT2D eigenvalue weighted by Gasteiger charge is 2.17. The molecule has 0 radical (unpaired) electrons. The molecule has 0 saturated heterocycles. The summed E-state index contributed by atoms with van der Waals surface area (Å²) in [6.07, 6.45) is 0. The quantitative estimate of drug-likeness (QED) is 0.831. The Hall–Kier alpha value is -0.390. The molecule has 0 aliphatic heterocycles. The largest absolute Gasteiger partial charge is 0.319 e. The summed E-state index contributed by atoms with van der Waals surface area (Å²) < 4.78 is 26.6. The molecule has 1 N–H and O–H groups in total. The average Bonchev–Trinajstić information content (AvgIpc) is 2.10. The van der Waals surface area contributed by atoms with Crippen molar-refractivity contribution in [1.29, 1.82) is 0 Å². The first kappa shape index (κ1) is 12.7. The molecule has 1 aromatic carbocycles. The SMILES string of the molecule is O=C(Nc1c(F)cc(Br)cc1F)C(Cl)Cl. The lowest BCUT2D eigenvalue weighted by Crippen LogP contribution is -2.20. The number of rotatable bonds is 2. The molecule has 0 atom stereocenters. The second-order valence-corrected chi connectivity index (χ2v) is 4.55. The third-order valence-electron chi connectivity index (χ3n) is 1.45. The number of amides is 1. The minimum Gasteiger partial charge on any atom is -0.319 e. The van der Waals surface area contributed by atoms with Crippen molar-refractivity contribution in [3.63, 3.8) is 0 Å². The van der Waals surface area contributed by atoms with Crippen molar-refractivity contribution in [3.8, 4) is 0 Å². The van der Waals surface area contributed by atoms with Crippen LogP contribution in [0.3, 0.4) is 0 Å². The summed E-state index contributed by atoms with van der Waals surface area (Å²) in [4.78, 5) is 9.60. The van der Waals surface area contributed by atoms with Gasteiger partial charge in [-0.15, -0.1) is 0 Å². The second-order valence-electron chi connectivity index (χ2n) is 2.53. The third-order valence-corrected chi connectivity index (χ3v) is 2.31. The summed E-state index contributed by atoms with van der Waals surface area (Å²) in [5.41, 5.74) is -0.575. The lowest BCUT2D eigenvalue weighted by Gasteiger charge is -2.08. The molecule has 7 heteroatoms. The zero-order valence-corrected chi connectivity index (χ0v) is 10.1. The van der Waals surface area contributed by atoms with E-state index in [0.717, 1.165) is 12.1 Å². The number of halogens is 5. The zero-order valence-electron chi connectivity index (χ0n) is 7.03. The Morgan fingerprint density at radius 1 is 1.33 bits per heavy atom. The monoisotopic (exact) mass is 317 g/mol. The van der Waals surface area contributed by atoms with Crippen LogP contribution in [0.2, 0.25) is 0 Å². The van der Waals surface area contributed by atoms with Gasteiger partial charge in [-0.1, -0.05) is 39.1 Å². The predicted octanol–water partition coefficient (Wildman–Crippen LogP) is 3.47. The fourth-order valence-corrected chi connectivity index (χ4v) is 1.35. The van der Waals surface area contributed by atoms with E-state index >= 15 is 0 Å². The third kappa shape index (κ3) is 3.29. The maximum atomic E-state index is 13.2. The maximum Gasteiger partial charge on any atom is 0.257 e. The Kier molecular flexibility index (Phi) is 4.31. The van der Waals surface area contributed by atoms with Gasteiger partial charge >= 0.3 is 0 Å². The van der Waals surface area contributed by atoms with Crippen LogP contribution in [0, 0.1) is 11.6 Å². The molecular formula is C8H4BrCl2F2NO. The van der Waals surface area contributed by atoms with Crippen LogP contribution in [-0.4, -0.2) is 10.7 Å². The molecule has 0 heterocycles. The Balaban J connectivity index is 3.00. The van der Waals surface area contributed by atoms with Gasteiger partial charge in [0.25, 0.3) is 5.91 Å². The van der Waals surface area contributed by atoms with Crippen molar-refractivity contribution in [2.24, 2.45) is 0 Å². The van der Waals surface area contributed by atoms with Crippen LogP contribution in [0.1, 0.15) is 0 Å². The van der Waals surface area contributed by atoms with E-state index in [1.165, 1.54) is 0 Å². The molecule has 2 nitrogen and oxygen atoms in total. The standard InChI is InChI=1S/C8H4BrCl2F2NO/c9-3-1-4(12)6(5(13)2-3)14-8(15)7(10)11/h1-2,7H,(H,14,15). The van der Waals surface area contributed by atoms with Gasteiger partial charge in [-0.2, -0.15) is 0 Å². The second kappa shape index (κ2) is 5.09. The van der Waals surface area contributed by atoms with Gasteiger partial charge in [0, 0.05) is 4.47 Å². The summed E-state index contributed by atoms with van der Waals surface area (Å²) in [6.45, 7) is 0. The first-order chi connectivity index (χ1) is 6.91. The fraction of sp³-hybridized carbons (Fsp3) is 0.125. The molecule has 0 aromatic heterocycles. The van der Waals surface area contributed by atoms with Crippen molar-refractivity contribution < 1.29 is 13.6 Å². The summed E-state index contributed by atoms with van der Waals surface area (Å²) >= 11 is 13.3. The Bertz CT molecular complexity index is 377. The van der Waals surface area contributed by atoms with E-state index in [0.29, 0.717) is 0 Å². The van der Waals surface area contributed by atoms with Crippen LogP contribution in [0.4, 0.5) is 14.5 Å². The summed E-state index contributed by atoms with van der Waals surface area (Å²) in [5.74, 6) is -2.72. The minimum absolute atomic E-state index is 0.226. The van der Waals surface area contributed by atoms with E-state index in [2.05, 4.69) is 15.9 Å². The van der Waals surface area contributed by atoms with Gasteiger partial charge in [-0.25, -0.2) is 8.78 Å². The van der Waals surface area contributed by atoms with Crippen molar-refractivity contribution in [2.75, 3.05) is 5.32 Å². The van der Waals surface area contributed by atoms with Gasteiger partial charge < -0.3 is 5.32 Å². The molecule has 0 fully saturated rings. The number of hydrogen-bond acceptors (Lipinski definition) is 1. The molecule has 1 rings (SSSR count). The Morgan fingerprint density at radius 2 is 1.80 bits per heavy atom. The normalized spacial score (nSPS) is 10.5. The van der Waals surface area contributed by atoms with Crippen LogP contribution in [0.15, 0.2) is 16.6 Å². The van der Waals surface area contributed by atoms with E-state index in [4.69, 9.17) is 23.2 Å². The topological polar surface area (TPSA) is 29.1 Å². The van der Waals surface area contributed by atoms with Crippen LogP contribution in [0.25, 0.3) is 0 Å². The van der Waals surface area contributed by atoms with Crippen molar-refractivity contribution >= 4 is 50.7 Å². The predicted molar refractivity (Wildman–Crippen MR) is 58.2 cm³/mol. The maximum absolute atomic E-state index is 13.2. The van der Waals surface area contributed by atoms with E-state index in [9.17, 15) is 13.6 Å². The molecule has 0 unspecified atom stereocenters. The Morgan fingerprint density at radius 3 is 2.20 bits per heavy atom. The van der Waals surface area contributed by atoms with Gasteiger partial charge in [-0.3, -0.25) is 4.79 Å². The lowest BCUT2D eigenvalue weighted by atomic mass is 10.3. The molecule has 0 aliphatic rings. The number of benzene rings is 1. The van der Waals surface area contributed by atoms with Crippen LogP contribution < -0.4 is 5.32 Å². The van der Waals surface area contributed by atoms with Crippen LogP contribution in [0.5, 0.6) is 0 Å². The summed E-state index contributed by atoms with van der Waals surface area (Å²) in [7, 11) is 0. The number of carbonyl (C=O) groups excluding carboxylic acids is 1. The van der Waals surface area contributed by atoms with Crippen molar-refractivity contribution in [2.45, 2.75) is 4.84 Å². The van der Waals surface area contributed by atoms with Gasteiger partial charge in [-0.05, 0) is 12.1 Å². The molecule has 15 heavy (non-hydrogen) atoms. The number of carbonyl (C=O) groups is 1. The van der Waals surface area contributed by atoms with Crippen LogP contribution >= 0.6 is 39.1 Å². The lowest BCUT2D eigenvalue weighted by molar-refractivity contribution is -0.114. The molecule has 1 amide bonds. The van der Waals surface area contributed by atoms with E-state index in [1.54, 1.807) is 0 Å². The molecule has 0 bridgehead atoms. The van der Waals surface area contributed by atoms with E-state index in [-0.39, 0.29) is 4.47 Å². The molecule has 0 spiro atoms. The minimum atomic E-state index is -1.38. The Labute approximate surface area is 103 Å². The molecule has 0 saturated carbocycles. The summed E-state index contributed by atoms with van der Waals surface area (Å²) in [5, 5.41) is 1.93. The van der Waals surface area contributed by atoms with Gasteiger partial charge in [0.1, 0.15) is 5.69 Å². The molecule has 1 aromatic rings. The highest BCUT2D eigenvalue weighted by Crippen LogP contribution is 2.24. The van der Waals surface area contributed by atoms with E-state index in [1.807, 2.05) is 5.32 Å². The number of hydrogen-bond donors (Lipinski definition) is 1. The average molecular weight is 319 g/mol. The van der Waals surface area contributed by atoms with Crippen molar-refractivity contribution in [3.05, 3.63) is 28.2 Å².